The van der Waals surface area contributed by atoms with Gasteiger partial charge in [0.1, 0.15) is 0 Å². The van der Waals surface area contributed by atoms with E-state index in [-0.39, 0.29) is 5.91 Å². The SMILES string of the molecule is COc1ccc(CN)cc1OC(C)C(=O)NC1CC1. The first-order chi connectivity index (χ1) is 9.13. The van der Waals surface area contributed by atoms with E-state index < -0.39 is 6.10 Å². The molecule has 104 valence electrons. The fourth-order valence-electron chi connectivity index (χ4n) is 1.73. The van der Waals surface area contributed by atoms with Crippen molar-refractivity contribution in [1.29, 1.82) is 0 Å². The lowest BCUT2D eigenvalue weighted by atomic mass is 10.2. The molecule has 0 aliphatic heterocycles. The van der Waals surface area contributed by atoms with Gasteiger partial charge >= 0.3 is 0 Å². The number of nitrogens with two attached hydrogens (primary N) is 1. The Morgan fingerprint density at radius 2 is 2.21 bits per heavy atom. The maximum atomic E-state index is 11.9. The Bertz CT molecular complexity index is 458. The lowest BCUT2D eigenvalue weighted by Gasteiger charge is -2.17. The van der Waals surface area contributed by atoms with Crippen LogP contribution >= 0.6 is 0 Å². The minimum absolute atomic E-state index is 0.0947. The van der Waals surface area contributed by atoms with E-state index >= 15 is 0 Å². The molecule has 19 heavy (non-hydrogen) atoms. The summed E-state index contributed by atoms with van der Waals surface area (Å²) in [6, 6.07) is 5.81. The Balaban J connectivity index is 2.05. The summed E-state index contributed by atoms with van der Waals surface area (Å²) >= 11 is 0. The second-order valence-corrected chi connectivity index (χ2v) is 4.73. The molecular formula is C14H20N2O3. The maximum Gasteiger partial charge on any atom is 0.260 e. The first-order valence-corrected chi connectivity index (χ1v) is 6.48. The van der Waals surface area contributed by atoms with E-state index in [1.165, 1.54) is 0 Å². The second-order valence-electron chi connectivity index (χ2n) is 4.73. The van der Waals surface area contributed by atoms with Gasteiger partial charge in [-0.05, 0) is 37.5 Å². The Morgan fingerprint density at radius 1 is 1.47 bits per heavy atom. The number of ether oxygens (including phenoxy) is 2. The van der Waals surface area contributed by atoms with Crippen LogP contribution in [-0.4, -0.2) is 25.2 Å². The molecule has 1 aromatic rings. The van der Waals surface area contributed by atoms with Gasteiger partial charge in [0.15, 0.2) is 17.6 Å². The zero-order chi connectivity index (χ0) is 13.8. The van der Waals surface area contributed by atoms with Crippen LogP contribution in [0.2, 0.25) is 0 Å². The molecule has 3 N–H and O–H groups in total. The number of hydrogen-bond acceptors (Lipinski definition) is 4. The van der Waals surface area contributed by atoms with Gasteiger partial charge in [-0.2, -0.15) is 0 Å². The van der Waals surface area contributed by atoms with Gasteiger partial charge in [0.05, 0.1) is 7.11 Å². The van der Waals surface area contributed by atoms with Crippen LogP contribution in [-0.2, 0) is 11.3 Å². The molecule has 0 heterocycles. The molecule has 0 spiro atoms. The molecule has 1 fully saturated rings. The van der Waals surface area contributed by atoms with E-state index in [9.17, 15) is 4.79 Å². The summed E-state index contributed by atoms with van der Waals surface area (Å²) in [6.07, 6.45) is 1.57. The highest BCUT2D eigenvalue weighted by Crippen LogP contribution is 2.29. The normalized spacial score (nSPS) is 15.7. The van der Waals surface area contributed by atoms with Gasteiger partial charge in [-0.3, -0.25) is 4.79 Å². The molecule has 5 heteroatoms. The first-order valence-electron chi connectivity index (χ1n) is 6.48. The highest BCUT2D eigenvalue weighted by Gasteiger charge is 2.26. The first kappa shape index (κ1) is 13.7. The van der Waals surface area contributed by atoms with E-state index in [0.29, 0.717) is 24.1 Å². The monoisotopic (exact) mass is 264 g/mol. The summed E-state index contributed by atoms with van der Waals surface area (Å²) in [7, 11) is 1.57. The van der Waals surface area contributed by atoms with Crippen LogP contribution in [0.25, 0.3) is 0 Å². The lowest BCUT2D eigenvalue weighted by molar-refractivity contribution is -0.127. The number of nitrogens with one attached hydrogen (secondary N) is 1. The van der Waals surface area contributed by atoms with Crippen LogP contribution in [0.15, 0.2) is 18.2 Å². The standard InChI is InChI=1S/C14H20N2O3/c1-9(14(17)16-11-4-5-11)19-13-7-10(8-15)3-6-12(13)18-2/h3,6-7,9,11H,4-5,8,15H2,1-2H3,(H,16,17). The third-order valence-electron chi connectivity index (χ3n) is 3.06. The number of carbonyl (C=O) groups excluding carboxylic acids is 1. The van der Waals surface area contributed by atoms with Gasteiger partial charge in [0.25, 0.3) is 5.91 Å². The molecule has 0 bridgehead atoms. The Morgan fingerprint density at radius 3 is 2.79 bits per heavy atom. The molecule has 2 rings (SSSR count). The third-order valence-corrected chi connectivity index (χ3v) is 3.06. The number of benzene rings is 1. The quantitative estimate of drug-likeness (QED) is 0.809. The van der Waals surface area contributed by atoms with Crippen LogP contribution in [0.4, 0.5) is 0 Å². The largest absolute Gasteiger partial charge is 0.493 e. The van der Waals surface area contributed by atoms with Crippen molar-refractivity contribution in [1.82, 2.24) is 5.32 Å². The molecule has 1 saturated carbocycles. The summed E-state index contributed by atoms with van der Waals surface area (Å²) < 4.78 is 10.9. The number of rotatable bonds is 6. The molecule has 5 nitrogen and oxygen atoms in total. The molecule has 1 aliphatic carbocycles. The number of carbonyl (C=O) groups is 1. The third kappa shape index (κ3) is 3.61. The number of hydrogen-bond donors (Lipinski definition) is 2. The molecule has 0 saturated heterocycles. The van der Waals surface area contributed by atoms with Crippen LogP contribution in [0.3, 0.4) is 0 Å². The van der Waals surface area contributed by atoms with Gasteiger partial charge in [-0.1, -0.05) is 6.07 Å². The highest BCUT2D eigenvalue weighted by atomic mass is 16.5. The molecule has 0 aromatic heterocycles. The lowest BCUT2D eigenvalue weighted by Crippen LogP contribution is -2.37. The van der Waals surface area contributed by atoms with E-state index in [1.807, 2.05) is 6.07 Å². The molecular weight excluding hydrogens is 244 g/mol. The topological polar surface area (TPSA) is 73.6 Å². The van der Waals surface area contributed by atoms with E-state index in [1.54, 1.807) is 26.2 Å². The average molecular weight is 264 g/mol. The van der Waals surface area contributed by atoms with Crippen molar-refractivity contribution in [2.75, 3.05) is 7.11 Å². The van der Waals surface area contributed by atoms with Crippen molar-refractivity contribution in [3.8, 4) is 11.5 Å². The van der Waals surface area contributed by atoms with Crippen molar-refractivity contribution >= 4 is 5.91 Å². The van der Waals surface area contributed by atoms with Gasteiger partial charge in [-0.25, -0.2) is 0 Å². The van der Waals surface area contributed by atoms with Crippen molar-refractivity contribution in [3.63, 3.8) is 0 Å². The predicted octanol–water partition coefficient (Wildman–Crippen LogP) is 1.20. The molecule has 1 amide bonds. The van der Waals surface area contributed by atoms with E-state index in [4.69, 9.17) is 15.2 Å². The minimum Gasteiger partial charge on any atom is -0.493 e. The van der Waals surface area contributed by atoms with Gasteiger partial charge in [0, 0.05) is 12.6 Å². The minimum atomic E-state index is -0.553. The predicted molar refractivity (Wildman–Crippen MR) is 72.1 cm³/mol. The molecule has 1 unspecified atom stereocenters. The molecule has 1 aromatic carbocycles. The highest BCUT2D eigenvalue weighted by molar-refractivity contribution is 5.81. The number of amides is 1. The zero-order valence-corrected chi connectivity index (χ0v) is 11.3. The molecule has 1 aliphatic rings. The van der Waals surface area contributed by atoms with Crippen LogP contribution in [0.5, 0.6) is 11.5 Å². The smallest absolute Gasteiger partial charge is 0.260 e. The summed E-state index contributed by atoms with van der Waals surface area (Å²) in [5, 5.41) is 2.91. The fourth-order valence-corrected chi connectivity index (χ4v) is 1.73. The van der Waals surface area contributed by atoms with Crippen molar-refractivity contribution in [2.45, 2.75) is 38.5 Å². The maximum absolute atomic E-state index is 11.9. The van der Waals surface area contributed by atoms with E-state index in [2.05, 4.69) is 5.32 Å². The molecule has 1 atom stereocenters. The Labute approximate surface area is 113 Å². The summed E-state index contributed by atoms with van der Waals surface area (Å²) in [5.41, 5.74) is 6.54. The van der Waals surface area contributed by atoms with Crippen molar-refractivity contribution in [2.24, 2.45) is 5.73 Å². The van der Waals surface area contributed by atoms with Crippen molar-refractivity contribution < 1.29 is 14.3 Å². The summed E-state index contributed by atoms with van der Waals surface area (Å²) in [6.45, 7) is 2.15. The van der Waals surface area contributed by atoms with Crippen molar-refractivity contribution in [3.05, 3.63) is 23.8 Å². The summed E-state index contributed by atoms with van der Waals surface area (Å²) in [5.74, 6) is 1.05. The van der Waals surface area contributed by atoms with Crippen LogP contribution < -0.4 is 20.5 Å². The van der Waals surface area contributed by atoms with Gasteiger partial charge in [-0.15, -0.1) is 0 Å². The van der Waals surface area contributed by atoms with Crippen LogP contribution in [0.1, 0.15) is 25.3 Å². The Kier molecular flexibility index (Phi) is 4.27. The van der Waals surface area contributed by atoms with Gasteiger partial charge < -0.3 is 20.5 Å². The molecule has 0 radical (unpaired) electrons. The second kappa shape index (κ2) is 5.93. The summed E-state index contributed by atoms with van der Waals surface area (Å²) in [4.78, 5) is 11.9. The Hall–Kier alpha value is -1.75. The average Bonchev–Trinajstić information content (AvgIpc) is 3.22. The fraction of sp³-hybridized carbons (Fsp3) is 0.500. The van der Waals surface area contributed by atoms with Gasteiger partial charge in [0.2, 0.25) is 0 Å². The van der Waals surface area contributed by atoms with Crippen LogP contribution in [0, 0.1) is 0 Å². The number of methoxy groups -OCH3 is 1. The van der Waals surface area contributed by atoms with E-state index in [0.717, 1.165) is 18.4 Å². The zero-order valence-electron chi connectivity index (χ0n) is 11.3.